The quantitative estimate of drug-likeness (QED) is 0.0853. The summed E-state index contributed by atoms with van der Waals surface area (Å²) in [5.41, 5.74) is 0. The predicted octanol–water partition coefficient (Wildman–Crippen LogP) is -3.07. The van der Waals surface area contributed by atoms with Crippen molar-refractivity contribution < 1.29 is 29.5 Å². The Morgan fingerprint density at radius 1 is 0.579 bits per heavy atom. The Morgan fingerprint density at radius 2 is 0.868 bits per heavy atom. The number of hydrogen-bond acceptors (Lipinski definition) is 20. The standard InChI is InChI=1S/C10H14N16O12/c27-21(28)9(22(29)30,23(31)32)5-11-7-13-15-17-19(7)3-1-2-4-20-8(14-16-18-20)12-6-10(24(33)34,25(35)36)26(37)38/h1-6H2,(H,11,13,17)(H,12,14,18). The Hall–Kier alpha value is -5.86. The number of tetrazole rings is 2. The van der Waals surface area contributed by atoms with Crippen LogP contribution in [0.4, 0.5) is 11.9 Å². The van der Waals surface area contributed by atoms with Gasteiger partial charge in [0.25, 0.3) is 0 Å². The number of nitrogens with one attached hydrogen (secondary N) is 2. The largest absolute Gasteiger partial charge is 0.717 e. The Labute approximate surface area is 204 Å². The molecule has 2 N–H and O–H groups in total. The van der Waals surface area contributed by atoms with E-state index in [9.17, 15) is 60.7 Å². The lowest BCUT2D eigenvalue weighted by Crippen LogP contribution is -2.58. The number of nitro groups is 6. The molecule has 28 nitrogen and oxygen atoms in total. The first-order valence-corrected chi connectivity index (χ1v) is 9.67. The van der Waals surface area contributed by atoms with Crippen LogP contribution < -0.4 is 10.6 Å². The lowest BCUT2D eigenvalue weighted by atomic mass is 10.3. The zero-order valence-corrected chi connectivity index (χ0v) is 18.4. The summed E-state index contributed by atoms with van der Waals surface area (Å²) >= 11 is 0. The molecule has 2 rings (SSSR count). The van der Waals surface area contributed by atoms with Crippen molar-refractivity contribution in [2.45, 2.75) is 37.5 Å². The Morgan fingerprint density at radius 3 is 1.13 bits per heavy atom. The molecule has 0 saturated heterocycles. The van der Waals surface area contributed by atoms with Crippen molar-refractivity contribution >= 4 is 11.9 Å². The molecule has 0 aliphatic rings. The van der Waals surface area contributed by atoms with Crippen molar-refractivity contribution in [1.82, 2.24) is 40.4 Å². The van der Waals surface area contributed by atoms with E-state index in [-0.39, 0.29) is 37.8 Å². The second-order valence-electron chi connectivity index (χ2n) is 6.96. The summed E-state index contributed by atoms with van der Waals surface area (Å²) in [4.78, 5) is 55.9. The number of hydrogen-bond donors (Lipinski definition) is 2. The smallest absolute Gasteiger partial charge is 0.332 e. The maximum absolute atomic E-state index is 11.0. The summed E-state index contributed by atoms with van der Waals surface area (Å²) in [6.07, 6.45) is 0.402. The Kier molecular flexibility index (Phi) is 8.40. The van der Waals surface area contributed by atoms with Gasteiger partial charge in [-0.3, -0.25) is 60.7 Å². The maximum atomic E-state index is 11.0. The fraction of sp³-hybridized carbons (Fsp3) is 0.800. The van der Waals surface area contributed by atoms with Gasteiger partial charge in [-0.15, -0.1) is 0 Å². The monoisotopic (exact) mass is 550 g/mol. The highest BCUT2D eigenvalue weighted by molar-refractivity contribution is 5.22. The first-order valence-electron chi connectivity index (χ1n) is 9.67. The molecular weight excluding hydrogens is 536 g/mol. The first kappa shape index (κ1) is 28.4. The molecule has 0 saturated carbocycles. The number of aryl methyl sites for hydroxylation is 2. The highest BCUT2D eigenvalue weighted by Gasteiger charge is 2.71. The predicted molar refractivity (Wildman–Crippen MR) is 109 cm³/mol. The molecular formula is C10H14N16O12. The van der Waals surface area contributed by atoms with Gasteiger partial charge in [0.1, 0.15) is 0 Å². The zero-order valence-electron chi connectivity index (χ0n) is 18.4. The van der Waals surface area contributed by atoms with Gasteiger partial charge < -0.3 is 10.6 Å². The molecule has 206 valence electrons. The van der Waals surface area contributed by atoms with E-state index in [1.807, 2.05) is 0 Å². The summed E-state index contributed by atoms with van der Waals surface area (Å²) in [6, 6.07) is 0. The van der Waals surface area contributed by atoms with E-state index in [1.54, 1.807) is 0 Å². The van der Waals surface area contributed by atoms with Crippen molar-refractivity contribution in [2.75, 3.05) is 23.7 Å². The normalized spacial score (nSPS) is 11.5. The van der Waals surface area contributed by atoms with Crippen molar-refractivity contribution in [1.29, 1.82) is 0 Å². The summed E-state index contributed by atoms with van der Waals surface area (Å²) < 4.78 is 1.98. The van der Waals surface area contributed by atoms with Crippen LogP contribution in [-0.2, 0) is 13.1 Å². The van der Waals surface area contributed by atoms with Crippen molar-refractivity contribution in [3.63, 3.8) is 0 Å². The molecule has 2 aromatic heterocycles. The highest BCUT2D eigenvalue weighted by atomic mass is 16.7. The molecule has 38 heavy (non-hydrogen) atoms. The molecule has 2 heterocycles. The van der Waals surface area contributed by atoms with E-state index >= 15 is 0 Å². The van der Waals surface area contributed by atoms with Gasteiger partial charge in [-0.25, -0.2) is 9.36 Å². The molecule has 0 amide bonds. The summed E-state index contributed by atoms with van der Waals surface area (Å²) in [5.74, 6) is -8.31. The molecule has 0 spiro atoms. The van der Waals surface area contributed by atoms with Crippen LogP contribution >= 0.6 is 0 Å². The maximum Gasteiger partial charge on any atom is 0.717 e. The van der Waals surface area contributed by atoms with Crippen molar-refractivity contribution in [3.05, 3.63) is 60.7 Å². The topological polar surface area (TPSA) is 370 Å². The third-order valence-corrected chi connectivity index (χ3v) is 4.78. The molecule has 0 fully saturated rings. The summed E-state index contributed by atoms with van der Waals surface area (Å²) in [7, 11) is 0. The molecule has 0 aromatic carbocycles. The van der Waals surface area contributed by atoms with Gasteiger partial charge in [0.2, 0.25) is 25.0 Å². The molecule has 0 unspecified atom stereocenters. The molecule has 0 radical (unpaired) electrons. The van der Waals surface area contributed by atoms with Gasteiger partial charge in [-0.05, 0) is 33.7 Å². The number of aromatic nitrogens is 8. The Balaban J connectivity index is 1.98. The molecule has 0 aliphatic carbocycles. The molecule has 0 bridgehead atoms. The van der Waals surface area contributed by atoms with Crippen LogP contribution in [0.3, 0.4) is 0 Å². The SMILES string of the molecule is O=[N+]([O-])C(CNc1nnnn1CCCCn1nnnc1NCC([N+](=O)[O-])([N+](=O)[O-])[N+](=O)[O-])([N+](=O)[O-])[N+](=O)[O-]. The van der Waals surface area contributed by atoms with E-state index in [0.717, 1.165) is 9.36 Å². The molecule has 2 aromatic rings. The van der Waals surface area contributed by atoms with Gasteiger partial charge in [0.15, 0.2) is 29.5 Å². The lowest BCUT2D eigenvalue weighted by Gasteiger charge is -2.11. The third kappa shape index (κ3) is 5.35. The van der Waals surface area contributed by atoms with E-state index in [4.69, 9.17) is 0 Å². The third-order valence-electron chi connectivity index (χ3n) is 4.78. The molecule has 28 heteroatoms. The van der Waals surface area contributed by atoms with E-state index in [1.165, 1.54) is 0 Å². The minimum atomic E-state index is -3.79. The fourth-order valence-corrected chi connectivity index (χ4v) is 2.67. The molecule has 0 atom stereocenters. The van der Waals surface area contributed by atoms with Crippen LogP contribution in [0.5, 0.6) is 0 Å². The Bertz CT molecular complexity index is 1070. The van der Waals surface area contributed by atoms with Gasteiger partial charge >= 0.3 is 11.6 Å². The fourth-order valence-electron chi connectivity index (χ4n) is 2.67. The average Bonchev–Trinajstić information content (AvgIpc) is 3.45. The minimum Gasteiger partial charge on any atom is -0.332 e. The van der Waals surface area contributed by atoms with Gasteiger partial charge in [0, 0.05) is 13.1 Å². The van der Waals surface area contributed by atoms with E-state index < -0.39 is 54.2 Å². The van der Waals surface area contributed by atoms with E-state index in [0.29, 0.717) is 0 Å². The zero-order chi connectivity index (χ0) is 28.7. The minimum absolute atomic E-state index is 0.0320. The average molecular weight is 550 g/mol. The van der Waals surface area contributed by atoms with Crippen LogP contribution in [0, 0.1) is 60.7 Å². The van der Waals surface area contributed by atoms with Crippen LogP contribution in [0.15, 0.2) is 0 Å². The second kappa shape index (κ2) is 11.3. The highest BCUT2D eigenvalue weighted by Crippen LogP contribution is 2.16. The number of unbranched alkanes of at least 4 members (excludes halogenated alkanes) is 1. The van der Waals surface area contributed by atoms with E-state index in [2.05, 4.69) is 41.7 Å². The van der Waals surface area contributed by atoms with Crippen LogP contribution in [0.25, 0.3) is 0 Å². The molecule has 0 aliphatic heterocycles. The van der Waals surface area contributed by atoms with Gasteiger partial charge in [0.05, 0.1) is 0 Å². The number of anilines is 2. The van der Waals surface area contributed by atoms with Crippen molar-refractivity contribution in [3.8, 4) is 0 Å². The number of nitrogens with zero attached hydrogens (tertiary/aromatic N) is 14. The van der Waals surface area contributed by atoms with Gasteiger partial charge in [-0.1, -0.05) is 10.2 Å². The summed E-state index contributed by atoms with van der Waals surface area (Å²) in [6.45, 7) is -2.84. The summed E-state index contributed by atoms with van der Waals surface area (Å²) in [5, 5.41) is 90.7. The number of rotatable bonds is 17. The van der Waals surface area contributed by atoms with Crippen LogP contribution in [0.1, 0.15) is 12.8 Å². The van der Waals surface area contributed by atoms with Crippen molar-refractivity contribution in [2.24, 2.45) is 0 Å². The van der Waals surface area contributed by atoms with Crippen LogP contribution in [-0.4, -0.2) is 94.6 Å². The first-order chi connectivity index (χ1) is 17.8. The second-order valence-corrected chi connectivity index (χ2v) is 6.96. The van der Waals surface area contributed by atoms with Gasteiger partial charge in [-0.2, -0.15) is 0 Å². The lowest BCUT2D eigenvalue weighted by molar-refractivity contribution is -0.965. The van der Waals surface area contributed by atoms with Crippen LogP contribution in [0.2, 0.25) is 0 Å².